The minimum absolute atomic E-state index is 0.154. The molecule has 1 N–H and O–H groups in total. The molecule has 1 aliphatic rings. The summed E-state index contributed by atoms with van der Waals surface area (Å²) in [4.78, 5) is 12.1. The minimum Gasteiger partial charge on any atom is -0.460 e. The van der Waals surface area contributed by atoms with Crippen LogP contribution in [0, 0.1) is 11.8 Å². The second-order valence-electron chi connectivity index (χ2n) is 4.97. The topological polar surface area (TPSA) is 59.9 Å². The summed E-state index contributed by atoms with van der Waals surface area (Å²) in [6.45, 7) is 4.55. The second kappa shape index (κ2) is 5.69. The molecule has 3 atom stereocenters. The number of nitrogens with zero attached hydrogens (tertiary/aromatic N) is 3. The second-order valence-corrected chi connectivity index (χ2v) is 5.31. The van der Waals surface area contributed by atoms with E-state index in [1.807, 2.05) is 0 Å². The first-order valence-electron chi connectivity index (χ1n) is 6.34. The van der Waals surface area contributed by atoms with Crippen LogP contribution in [0.2, 0.25) is 5.28 Å². The largest absolute Gasteiger partial charge is 0.460 e. The van der Waals surface area contributed by atoms with Gasteiger partial charge in [-0.25, -0.2) is 0 Å². The predicted octanol–water partition coefficient (Wildman–Crippen LogP) is 2.77. The first kappa shape index (κ1) is 13.3. The van der Waals surface area contributed by atoms with Gasteiger partial charge in [0.05, 0.1) is 0 Å². The Hall–Kier alpha value is -1.10. The van der Waals surface area contributed by atoms with E-state index in [0.717, 1.165) is 18.8 Å². The molecular formula is C12H19ClN4O. The van der Waals surface area contributed by atoms with Crippen LogP contribution in [0.4, 0.5) is 5.95 Å². The van der Waals surface area contributed by atoms with E-state index in [0.29, 0.717) is 17.9 Å². The average Bonchev–Trinajstić information content (AvgIpc) is 2.33. The van der Waals surface area contributed by atoms with Gasteiger partial charge >= 0.3 is 6.01 Å². The van der Waals surface area contributed by atoms with E-state index in [2.05, 4.69) is 34.1 Å². The molecule has 0 radical (unpaired) electrons. The zero-order valence-electron chi connectivity index (χ0n) is 11.0. The summed E-state index contributed by atoms with van der Waals surface area (Å²) in [5.74, 6) is 1.87. The molecule has 1 aromatic heterocycles. The van der Waals surface area contributed by atoms with Crippen molar-refractivity contribution in [2.24, 2.45) is 11.8 Å². The number of rotatable bonds is 3. The molecule has 18 heavy (non-hydrogen) atoms. The van der Waals surface area contributed by atoms with E-state index in [1.54, 1.807) is 7.05 Å². The molecule has 1 heterocycles. The molecule has 0 spiro atoms. The van der Waals surface area contributed by atoms with Gasteiger partial charge in [-0.3, -0.25) is 0 Å². The summed E-state index contributed by atoms with van der Waals surface area (Å²) in [7, 11) is 1.74. The molecule has 1 fully saturated rings. The number of halogens is 1. The van der Waals surface area contributed by atoms with Crippen LogP contribution in [0.3, 0.4) is 0 Å². The lowest BCUT2D eigenvalue weighted by Crippen LogP contribution is -2.29. The Bertz CT molecular complexity index is 415. The number of ether oxygens (including phenoxy) is 1. The molecule has 0 saturated heterocycles. The maximum Gasteiger partial charge on any atom is 0.322 e. The van der Waals surface area contributed by atoms with Crippen molar-refractivity contribution >= 4 is 17.5 Å². The highest BCUT2D eigenvalue weighted by molar-refractivity contribution is 6.28. The Kier molecular flexibility index (Phi) is 4.22. The fourth-order valence-electron chi connectivity index (χ4n) is 2.25. The summed E-state index contributed by atoms with van der Waals surface area (Å²) in [6, 6.07) is 0.311. The van der Waals surface area contributed by atoms with Gasteiger partial charge in [0.15, 0.2) is 0 Å². The van der Waals surface area contributed by atoms with Gasteiger partial charge in [-0.15, -0.1) is 0 Å². The Labute approximate surface area is 112 Å². The first-order chi connectivity index (χ1) is 8.58. The average molecular weight is 271 g/mol. The molecule has 5 nitrogen and oxygen atoms in total. The van der Waals surface area contributed by atoms with E-state index < -0.39 is 0 Å². The Morgan fingerprint density at radius 1 is 1.17 bits per heavy atom. The number of anilines is 1. The van der Waals surface area contributed by atoms with Gasteiger partial charge in [-0.05, 0) is 42.7 Å². The zero-order valence-corrected chi connectivity index (χ0v) is 11.7. The summed E-state index contributed by atoms with van der Waals surface area (Å²) < 4.78 is 5.81. The van der Waals surface area contributed by atoms with Crippen LogP contribution >= 0.6 is 11.6 Å². The van der Waals surface area contributed by atoms with Crippen LogP contribution in [-0.2, 0) is 0 Å². The van der Waals surface area contributed by atoms with Crippen LogP contribution in [0.15, 0.2) is 0 Å². The van der Waals surface area contributed by atoms with E-state index >= 15 is 0 Å². The van der Waals surface area contributed by atoms with E-state index in [1.165, 1.54) is 6.42 Å². The highest BCUT2D eigenvalue weighted by Gasteiger charge is 2.26. The lowest BCUT2D eigenvalue weighted by atomic mass is 9.80. The predicted molar refractivity (Wildman–Crippen MR) is 71.0 cm³/mol. The third-order valence-electron chi connectivity index (χ3n) is 3.63. The van der Waals surface area contributed by atoms with E-state index in [4.69, 9.17) is 16.3 Å². The van der Waals surface area contributed by atoms with Crippen molar-refractivity contribution in [2.75, 3.05) is 12.4 Å². The van der Waals surface area contributed by atoms with Crippen molar-refractivity contribution in [1.82, 2.24) is 15.0 Å². The van der Waals surface area contributed by atoms with Gasteiger partial charge in [-0.2, -0.15) is 15.0 Å². The maximum absolute atomic E-state index is 5.82. The number of nitrogens with one attached hydrogen (secondary N) is 1. The molecule has 3 unspecified atom stereocenters. The lowest BCUT2D eigenvalue weighted by molar-refractivity contribution is 0.0918. The Morgan fingerprint density at radius 3 is 2.61 bits per heavy atom. The third-order valence-corrected chi connectivity index (χ3v) is 3.80. The standard InChI is InChI=1S/C12H19ClN4O/c1-7-4-5-9(6-8(7)2)18-12-16-10(13)15-11(14-3)17-12/h7-9H,4-6H2,1-3H3,(H,14,15,16,17). The number of hydrogen-bond donors (Lipinski definition) is 1. The van der Waals surface area contributed by atoms with Crippen molar-refractivity contribution in [3.05, 3.63) is 5.28 Å². The van der Waals surface area contributed by atoms with Gasteiger partial charge in [0, 0.05) is 7.05 Å². The fraction of sp³-hybridized carbons (Fsp3) is 0.750. The normalized spacial score (nSPS) is 27.9. The summed E-state index contributed by atoms with van der Waals surface area (Å²) in [5.41, 5.74) is 0. The van der Waals surface area contributed by atoms with Crippen LogP contribution in [0.1, 0.15) is 33.1 Å². The monoisotopic (exact) mass is 270 g/mol. The van der Waals surface area contributed by atoms with Gasteiger partial charge in [0.1, 0.15) is 6.10 Å². The lowest BCUT2D eigenvalue weighted by Gasteiger charge is -2.31. The SMILES string of the molecule is CNc1nc(Cl)nc(OC2CCC(C)C(C)C2)n1. The van der Waals surface area contributed by atoms with Crippen LogP contribution < -0.4 is 10.1 Å². The molecule has 0 aliphatic heterocycles. The molecule has 2 rings (SSSR count). The van der Waals surface area contributed by atoms with Crippen molar-refractivity contribution in [3.8, 4) is 6.01 Å². The van der Waals surface area contributed by atoms with Crippen LogP contribution in [-0.4, -0.2) is 28.1 Å². The molecule has 0 amide bonds. The highest BCUT2D eigenvalue weighted by atomic mass is 35.5. The molecule has 1 aromatic rings. The van der Waals surface area contributed by atoms with Crippen LogP contribution in [0.5, 0.6) is 6.01 Å². The number of aromatic nitrogens is 3. The van der Waals surface area contributed by atoms with Crippen molar-refractivity contribution in [3.63, 3.8) is 0 Å². The van der Waals surface area contributed by atoms with E-state index in [-0.39, 0.29) is 11.4 Å². The molecule has 0 bridgehead atoms. The van der Waals surface area contributed by atoms with Gasteiger partial charge in [-0.1, -0.05) is 13.8 Å². The summed E-state index contributed by atoms with van der Waals surface area (Å²) in [5, 5.41) is 2.99. The van der Waals surface area contributed by atoms with Crippen LogP contribution in [0.25, 0.3) is 0 Å². The Morgan fingerprint density at radius 2 is 1.94 bits per heavy atom. The minimum atomic E-state index is 0.154. The maximum atomic E-state index is 5.82. The molecule has 6 heteroatoms. The van der Waals surface area contributed by atoms with Crippen molar-refractivity contribution in [2.45, 2.75) is 39.2 Å². The summed E-state index contributed by atoms with van der Waals surface area (Å²) >= 11 is 5.82. The molecule has 0 aromatic carbocycles. The Balaban J connectivity index is 2.03. The smallest absolute Gasteiger partial charge is 0.322 e. The van der Waals surface area contributed by atoms with E-state index in [9.17, 15) is 0 Å². The highest BCUT2D eigenvalue weighted by Crippen LogP contribution is 2.31. The van der Waals surface area contributed by atoms with Gasteiger partial charge < -0.3 is 10.1 Å². The molecular weight excluding hydrogens is 252 g/mol. The quantitative estimate of drug-likeness (QED) is 0.915. The summed E-state index contributed by atoms with van der Waals surface area (Å²) in [6.07, 6.45) is 3.45. The molecule has 100 valence electrons. The zero-order chi connectivity index (χ0) is 13.1. The number of hydrogen-bond acceptors (Lipinski definition) is 5. The van der Waals surface area contributed by atoms with Gasteiger partial charge in [0.25, 0.3) is 0 Å². The first-order valence-corrected chi connectivity index (χ1v) is 6.72. The fourth-order valence-corrected chi connectivity index (χ4v) is 2.40. The van der Waals surface area contributed by atoms with Gasteiger partial charge in [0.2, 0.25) is 11.2 Å². The third kappa shape index (κ3) is 3.22. The molecule has 1 aliphatic carbocycles. The van der Waals surface area contributed by atoms with Crippen molar-refractivity contribution in [1.29, 1.82) is 0 Å². The molecule has 1 saturated carbocycles. The van der Waals surface area contributed by atoms with Crippen molar-refractivity contribution < 1.29 is 4.74 Å².